The molecule has 33 heavy (non-hydrogen) atoms. The van der Waals surface area contributed by atoms with Crippen LogP contribution in [-0.4, -0.2) is 56.6 Å². The lowest BCUT2D eigenvalue weighted by molar-refractivity contribution is -0.386. The van der Waals surface area contributed by atoms with Gasteiger partial charge in [-0.05, 0) is 43.2 Å². The predicted molar refractivity (Wildman–Crippen MR) is 127 cm³/mol. The fourth-order valence-electron chi connectivity index (χ4n) is 4.19. The van der Waals surface area contributed by atoms with Gasteiger partial charge in [0.1, 0.15) is 11.4 Å². The molecule has 0 spiro atoms. The Hall–Kier alpha value is -3.23. The lowest BCUT2D eigenvalue weighted by Crippen LogP contribution is -2.48. The van der Waals surface area contributed by atoms with E-state index < -0.39 is 4.92 Å². The molecule has 1 aromatic heterocycles. The Morgan fingerprint density at radius 1 is 1.03 bits per heavy atom. The van der Waals surface area contributed by atoms with Crippen molar-refractivity contribution in [3.05, 3.63) is 91.7 Å². The summed E-state index contributed by atoms with van der Waals surface area (Å²) in [6.45, 7) is 7.45. The number of nitrogens with zero attached hydrogens (tertiary/aromatic N) is 5. The van der Waals surface area contributed by atoms with Crippen molar-refractivity contribution in [3.63, 3.8) is 0 Å². The van der Waals surface area contributed by atoms with Gasteiger partial charge in [-0.15, -0.1) is 0 Å². The number of hydrogen-bond acceptors (Lipinski definition) is 5. The fourth-order valence-corrected chi connectivity index (χ4v) is 4.39. The Morgan fingerprint density at radius 2 is 1.70 bits per heavy atom. The average molecular weight is 468 g/mol. The van der Waals surface area contributed by atoms with Gasteiger partial charge in [-0.25, -0.2) is 0 Å². The van der Waals surface area contributed by atoms with E-state index in [9.17, 15) is 14.9 Å². The van der Waals surface area contributed by atoms with Crippen LogP contribution in [0.25, 0.3) is 0 Å². The number of nitro groups is 1. The Morgan fingerprint density at radius 3 is 2.30 bits per heavy atom. The number of amides is 1. The molecule has 9 heteroatoms. The van der Waals surface area contributed by atoms with E-state index in [1.807, 2.05) is 53.4 Å². The molecule has 2 aromatic carbocycles. The number of rotatable bonds is 6. The molecule has 1 aliphatic heterocycles. The van der Waals surface area contributed by atoms with Gasteiger partial charge in [0.2, 0.25) is 0 Å². The minimum absolute atomic E-state index is 0.0145. The standard InChI is InChI=1S/C24H26ClN5O3/c1-17-23(30(32)33)18(2)29(26-17)15-19-7-9-20(10-8-19)24(31)28-13-11-27(12-14-28)16-21-5-3-4-6-22(21)25/h3-10H,11-16H2,1-2H3. The number of aryl methyl sites for hydroxylation is 1. The first-order chi connectivity index (χ1) is 15.8. The van der Waals surface area contributed by atoms with Gasteiger partial charge in [0, 0.05) is 43.3 Å². The summed E-state index contributed by atoms with van der Waals surface area (Å²) >= 11 is 6.27. The SMILES string of the molecule is Cc1nn(Cc2ccc(C(=O)N3CCN(Cc4ccccc4Cl)CC3)cc2)c(C)c1[N+](=O)[O-]. The number of carbonyl (C=O) groups is 1. The molecule has 0 aliphatic carbocycles. The molecule has 8 nitrogen and oxygen atoms in total. The molecule has 2 heterocycles. The highest BCUT2D eigenvalue weighted by Gasteiger charge is 2.24. The molecule has 0 atom stereocenters. The third kappa shape index (κ3) is 5.07. The first-order valence-corrected chi connectivity index (χ1v) is 11.2. The van der Waals surface area contributed by atoms with Gasteiger partial charge in [0.15, 0.2) is 0 Å². The zero-order valence-electron chi connectivity index (χ0n) is 18.7. The molecule has 172 valence electrons. The summed E-state index contributed by atoms with van der Waals surface area (Å²) in [7, 11) is 0. The van der Waals surface area contributed by atoms with Crippen molar-refractivity contribution >= 4 is 23.2 Å². The summed E-state index contributed by atoms with van der Waals surface area (Å²) in [5.74, 6) is 0.0145. The summed E-state index contributed by atoms with van der Waals surface area (Å²) < 4.78 is 1.63. The quantitative estimate of drug-likeness (QED) is 0.403. The van der Waals surface area contributed by atoms with Crippen LogP contribution in [0, 0.1) is 24.0 Å². The summed E-state index contributed by atoms with van der Waals surface area (Å²) in [6, 6.07) is 15.2. The van der Waals surface area contributed by atoms with Crippen LogP contribution in [0.2, 0.25) is 5.02 Å². The van der Waals surface area contributed by atoms with Crippen LogP contribution in [0.3, 0.4) is 0 Å². The maximum Gasteiger partial charge on any atom is 0.312 e. The predicted octanol–water partition coefficient (Wildman–Crippen LogP) is 4.07. The van der Waals surface area contributed by atoms with Crippen LogP contribution in [0.15, 0.2) is 48.5 Å². The second-order valence-corrected chi connectivity index (χ2v) is 8.70. The van der Waals surface area contributed by atoms with E-state index in [0.717, 1.165) is 35.8 Å². The number of carbonyl (C=O) groups excluding carboxylic acids is 1. The summed E-state index contributed by atoms with van der Waals surface area (Å²) in [5, 5.41) is 16.3. The van der Waals surface area contributed by atoms with Crippen LogP contribution >= 0.6 is 11.6 Å². The van der Waals surface area contributed by atoms with Gasteiger partial charge in [0.25, 0.3) is 5.91 Å². The van der Waals surface area contributed by atoms with Gasteiger partial charge < -0.3 is 4.90 Å². The van der Waals surface area contributed by atoms with Crippen molar-refractivity contribution in [1.82, 2.24) is 19.6 Å². The van der Waals surface area contributed by atoms with Crippen LogP contribution in [0.5, 0.6) is 0 Å². The number of halogens is 1. The molecule has 0 bridgehead atoms. The van der Waals surface area contributed by atoms with Crippen molar-refractivity contribution in [2.45, 2.75) is 26.9 Å². The zero-order chi connectivity index (χ0) is 23.5. The Balaban J connectivity index is 1.35. The maximum atomic E-state index is 13.0. The largest absolute Gasteiger partial charge is 0.336 e. The topological polar surface area (TPSA) is 84.5 Å². The summed E-state index contributed by atoms with van der Waals surface area (Å²) in [6.07, 6.45) is 0. The second-order valence-electron chi connectivity index (χ2n) is 8.29. The highest BCUT2D eigenvalue weighted by atomic mass is 35.5. The molecule has 1 fully saturated rings. The molecule has 3 aromatic rings. The van der Waals surface area contributed by atoms with Gasteiger partial charge in [-0.1, -0.05) is 41.9 Å². The number of benzene rings is 2. The van der Waals surface area contributed by atoms with Gasteiger partial charge in [0.05, 0.1) is 11.5 Å². The molecule has 1 saturated heterocycles. The number of aromatic nitrogens is 2. The fraction of sp³-hybridized carbons (Fsp3) is 0.333. The molecular weight excluding hydrogens is 442 g/mol. The molecule has 4 rings (SSSR count). The van der Waals surface area contributed by atoms with Crippen LogP contribution < -0.4 is 0 Å². The Labute approximate surface area is 197 Å². The molecular formula is C24H26ClN5O3. The zero-order valence-corrected chi connectivity index (χ0v) is 19.5. The molecule has 0 radical (unpaired) electrons. The van der Waals surface area contributed by atoms with Crippen LogP contribution in [0.4, 0.5) is 5.69 Å². The lowest BCUT2D eigenvalue weighted by Gasteiger charge is -2.35. The molecule has 1 amide bonds. The highest BCUT2D eigenvalue weighted by Crippen LogP contribution is 2.23. The van der Waals surface area contributed by atoms with Crippen molar-refractivity contribution in [3.8, 4) is 0 Å². The van der Waals surface area contributed by atoms with Crippen LogP contribution in [-0.2, 0) is 13.1 Å². The maximum absolute atomic E-state index is 13.0. The minimum Gasteiger partial charge on any atom is -0.336 e. The van der Waals surface area contributed by atoms with Crippen LogP contribution in [0.1, 0.15) is 32.9 Å². The van der Waals surface area contributed by atoms with Gasteiger partial charge >= 0.3 is 5.69 Å². The monoisotopic (exact) mass is 467 g/mol. The third-order valence-electron chi connectivity index (χ3n) is 6.07. The van der Waals surface area contributed by atoms with E-state index in [4.69, 9.17) is 11.6 Å². The second kappa shape index (κ2) is 9.72. The van der Waals surface area contributed by atoms with Crippen molar-refractivity contribution < 1.29 is 9.72 Å². The number of hydrogen-bond donors (Lipinski definition) is 0. The summed E-state index contributed by atoms with van der Waals surface area (Å²) in [4.78, 5) is 28.0. The molecule has 0 N–H and O–H groups in total. The van der Waals surface area contributed by atoms with Crippen molar-refractivity contribution in [2.24, 2.45) is 0 Å². The van der Waals surface area contributed by atoms with E-state index >= 15 is 0 Å². The number of piperazine rings is 1. The van der Waals surface area contributed by atoms with E-state index in [2.05, 4.69) is 10.00 Å². The van der Waals surface area contributed by atoms with Gasteiger partial charge in [-0.2, -0.15) is 5.10 Å². The minimum atomic E-state index is -0.399. The molecule has 0 unspecified atom stereocenters. The first-order valence-electron chi connectivity index (χ1n) is 10.9. The van der Waals surface area contributed by atoms with Crippen molar-refractivity contribution in [1.29, 1.82) is 0 Å². The highest BCUT2D eigenvalue weighted by molar-refractivity contribution is 6.31. The van der Waals surface area contributed by atoms with Crippen molar-refractivity contribution in [2.75, 3.05) is 26.2 Å². The van der Waals surface area contributed by atoms with E-state index in [1.165, 1.54) is 0 Å². The van der Waals surface area contributed by atoms with E-state index in [-0.39, 0.29) is 11.6 Å². The summed E-state index contributed by atoms with van der Waals surface area (Å²) in [5.41, 5.74) is 3.64. The third-order valence-corrected chi connectivity index (χ3v) is 6.44. The smallest absolute Gasteiger partial charge is 0.312 e. The molecule has 1 aliphatic rings. The van der Waals surface area contributed by atoms with E-state index in [0.29, 0.717) is 36.6 Å². The van der Waals surface area contributed by atoms with E-state index in [1.54, 1.807) is 18.5 Å². The first kappa shape index (κ1) is 22.9. The molecule has 0 saturated carbocycles. The Kier molecular flexibility index (Phi) is 6.76. The lowest BCUT2D eigenvalue weighted by atomic mass is 10.1. The van der Waals surface area contributed by atoms with Gasteiger partial charge in [-0.3, -0.25) is 24.5 Å². The normalized spacial score (nSPS) is 14.5. The average Bonchev–Trinajstić information content (AvgIpc) is 3.08. The Bertz CT molecular complexity index is 1170.